The standard InChI is InChI=1S/C15H19N3O3/c1-10-3-2-4-13(18(20)21)14(10)15(19)17-8-6-12-11(9-17)5-7-16-12/h2-4,11-12,16H,5-9H2,1H3. The number of piperidine rings is 1. The summed E-state index contributed by atoms with van der Waals surface area (Å²) in [5.74, 6) is 0.274. The van der Waals surface area contributed by atoms with E-state index < -0.39 is 4.92 Å². The molecule has 2 heterocycles. The molecule has 2 saturated heterocycles. The van der Waals surface area contributed by atoms with Gasteiger partial charge in [0.2, 0.25) is 0 Å². The normalized spacial score (nSPS) is 24.7. The lowest BCUT2D eigenvalue weighted by molar-refractivity contribution is -0.385. The van der Waals surface area contributed by atoms with Crippen molar-refractivity contribution in [1.82, 2.24) is 10.2 Å². The summed E-state index contributed by atoms with van der Waals surface area (Å²) in [6, 6.07) is 5.28. The second kappa shape index (κ2) is 5.44. The van der Waals surface area contributed by atoms with Crippen LogP contribution < -0.4 is 5.32 Å². The number of hydrogen-bond donors (Lipinski definition) is 1. The number of nitrogens with one attached hydrogen (secondary N) is 1. The molecule has 1 N–H and O–H groups in total. The van der Waals surface area contributed by atoms with Gasteiger partial charge in [-0.15, -0.1) is 0 Å². The molecular weight excluding hydrogens is 270 g/mol. The molecule has 1 amide bonds. The van der Waals surface area contributed by atoms with Gasteiger partial charge >= 0.3 is 0 Å². The minimum Gasteiger partial charge on any atom is -0.338 e. The first-order chi connectivity index (χ1) is 10.1. The topological polar surface area (TPSA) is 75.5 Å². The molecule has 112 valence electrons. The van der Waals surface area contributed by atoms with Gasteiger partial charge in [-0.3, -0.25) is 14.9 Å². The number of rotatable bonds is 2. The van der Waals surface area contributed by atoms with Crippen LogP contribution >= 0.6 is 0 Å². The molecule has 1 aromatic rings. The Kier molecular flexibility index (Phi) is 3.63. The number of nitro groups is 1. The van der Waals surface area contributed by atoms with Gasteiger partial charge in [0.1, 0.15) is 5.56 Å². The fraction of sp³-hybridized carbons (Fsp3) is 0.533. The van der Waals surface area contributed by atoms with Gasteiger partial charge in [-0.2, -0.15) is 0 Å². The summed E-state index contributed by atoms with van der Waals surface area (Å²) in [6.07, 6.45) is 2.00. The second-order valence-corrected chi connectivity index (χ2v) is 5.88. The first-order valence-corrected chi connectivity index (χ1v) is 7.34. The predicted molar refractivity (Wildman–Crippen MR) is 78.3 cm³/mol. The van der Waals surface area contributed by atoms with Crippen LogP contribution in [0.1, 0.15) is 28.8 Å². The summed E-state index contributed by atoms with van der Waals surface area (Å²) in [4.78, 5) is 25.2. The van der Waals surface area contributed by atoms with Crippen LogP contribution in [-0.4, -0.2) is 41.4 Å². The number of carbonyl (C=O) groups excluding carboxylic acids is 1. The lowest BCUT2D eigenvalue weighted by Crippen LogP contribution is -2.47. The molecule has 2 atom stereocenters. The number of carbonyl (C=O) groups is 1. The van der Waals surface area contributed by atoms with Crippen molar-refractivity contribution in [3.8, 4) is 0 Å². The van der Waals surface area contributed by atoms with E-state index in [1.807, 2.05) is 0 Å². The van der Waals surface area contributed by atoms with Crippen molar-refractivity contribution in [3.63, 3.8) is 0 Å². The second-order valence-electron chi connectivity index (χ2n) is 5.88. The summed E-state index contributed by atoms with van der Waals surface area (Å²) in [5.41, 5.74) is 0.819. The number of likely N-dealkylation sites (tertiary alicyclic amines) is 1. The zero-order chi connectivity index (χ0) is 15.0. The SMILES string of the molecule is Cc1cccc([N+](=O)[O-])c1C(=O)N1CCC2NCCC2C1. The number of hydrogen-bond acceptors (Lipinski definition) is 4. The van der Waals surface area contributed by atoms with Crippen molar-refractivity contribution in [2.75, 3.05) is 19.6 Å². The molecule has 2 aliphatic heterocycles. The summed E-state index contributed by atoms with van der Waals surface area (Å²) < 4.78 is 0. The van der Waals surface area contributed by atoms with Crippen molar-refractivity contribution in [2.24, 2.45) is 5.92 Å². The molecule has 3 rings (SSSR count). The van der Waals surface area contributed by atoms with Gasteiger partial charge in [-0.1, -0.05) is 12.1 Å². The van der Waals surface area contributed by atoms with E-state index in [0.717, 1.165) is 19.4 Å². The molecule has 21 heavy (non-hydrogen) atoms. The number of aryl methyl sites for hydroxylation is 1. The maximum Gasteiger partial charge on any atom is 0.282 e. The minimum absolute atomic E-state index is 0.0910. The van der Waals surface area contributed by atoms with E-state index in [-0.39, 0.29) is 17.2 Å². The summed E-state index contributed by atoms with van der Waals surface area (Å²) >= 11 is 0. The zero-order valence-electron chi connectivity index (χ0n) is 12.0. The molecule has 6 nitrogen and oxygen atoms in total. The molecule has 0 aromatic heterocycles. The molecule has 0 bridgehead atoms. The molecule has 0 aliphatic carbocycles. The van der Waals surface area contributed by atoms with Crippen molar-refractivity contribution < 1.29 is 9.72 Å². The van der Waals surface area contributed by atoms with E-state index in [1.165, 1.54) is 6.07 Å². The Morgan fingerprint density at radius 3 is 3.00 bits per heavy atom. The predicted octanol–water partition coefficient (Wildman–Crippen LogP) is 1.73. The van der Waals surface area contributed by atoms with Crippen LogP contribution in [-0.2, 0) is 0 Å². The largest absolute Gasteiger partial charge is 0.338 e. The van der Waals surface area contributed by atoms with Crippen LogP contribution in [0, 0.1) is 23.0 Å². The minimum atomic E-state index is -0.468. The molecule has 6 heteroatoms. The van der Waals surface area contributed by atoms with Gasteiger partial charge in [-0.05, 0) is 37.8 Å². The summed E-state index contributed by atoms with van der Waals surface area (Å²) in [5, 5.41) is 14.6. The smallest absolute Gasteiger partial charge is 0.282 e. The Morgan fingerprint density at radius 2 is 2.24 bits per heavy atom. The Labute approximate surface area is 123 Å². The highest BCUT2D eigenvalue weighted by Gasteiger charge is 2.36. The van der Waals surface area contributed by atoms with Gasteiger partial charge < -0.3 is 10.2 Å². The highest BCUT2D eigenvalue weighted by molar-refractivity contribution is 5.99. The number of fused-ring (bicyclic) bond motifs is 1. The van der Waals surface area contributed by atoms with E-state index in [0.29, 0.717) is 30.6 Å². The number of benzene rings is 1. The summed E-state index contributed by atoms with van der Waals surface area (Å²) in [7, 11) is 0. The highest BCUT2D eigenvalue weighted by atomic mass is 16.6. The molecule has 0 saturated carbocycles. The first kappa shape index (κ1) is 14.0. The lowest BCUT2D eigenvalue weighted by atomic mass is 9.92. The molecule has 2 fully saturated rings. The fourth-order valence-electron chi connectivity index (χ4n) is 3.47. The van der Waals surface area contributed by atoms with Gasteiger partial charge in [-0.25, -0.2) is 0 Å². The van der Waals surface area contributed by atoms with E-state index in [4.69, 9.17) is 0 Å². The maximum atomic E-state index is 12.7. The van der Waals surface area contributed by atoms with Gasteiger partial charge in [0.25, 0.3) is 11.6 Å². The Bertz CT molecular complexity index is 588. The third kappa shape index (κ3) is 2.51. The van der Waals surface area contributed by atoms with Crippen molar-refractivity contribution in [1.29, 1.82) is 0 Å². The Morgan fingerprint density at radius 1 is 1.43 bits per heavy atom. The number of nitro benzene ring substituents is 1. The average molecular weight is 289 g/mol. The maximum absolute atomic E-state index is 12.7. The zero-order valence-corrected chi connectivity index (χ0v) is 12.0. The van der Waals surface area contributed by atoms with Crippen LogP contribution in [0.3, 0.4) is 0 Å². The van der Waals surface area contributed by atoms with Crippen LogP contribution in [0.15, 0.2) is 18.2 Å². The van der Waals surface area contributed by atoms with E-state index in [2.05, 4.69) is 5.32 Å². The van der Waals surface area contributed by atoms with Crippen LogP contribution in [0.5, 0.6) is 0 Å². The molecule has 1 aromatic carbocycles. The van der Waals surface area contributed by atoms with Crippen LogP contribution in [0.2, 0.25) is 0 Å². The first-order valence-electron chi connectivity index (χ1n) is 7.34. The quantitative estimate of drug-likeness (QED) is 0.664. The third-order valence-electron chi connectivity index (χ3n) is 4.60. The Hall–Kier alpha value is -1.95. The number of nitrogens with zero attached hydrogens (tertiary/aromatic N) is 2. The Balaban J connectivity index is 1.87. The van der Waals surface area contributed by atoms with E-state index >= 15 is 0 Å². The molecule has 0 radical (unpaired) electrons. The average Bonchev–Trinajstić information content (AvgIpc) is 2.93. The third-order valence-corrected chi connectivity index (χ3v) is 4.60. The van der Waals surface area contributed by atoms with E-state index in [9.17, 15) is 14.9 Å². The van der Waals surface area contributed by atoms with Crippen molar-refractivity contribution in [3.05, 3.63) is 39.4 Å². The van der Waals surface area contributed by atoms with Gasteiger partial charge in [0.15, 0.2) is 0 Å². The van der Waals surface area contributed by atoms with Crippen LogP contribution in [0.25, 0.3) is 0 Å². The van der Waals surface area contributed by atoms with Gasteiger partial charge in [0.05, 0.1) is 4.92 Å². The number of amides is 1. The molecule has 2 aliphatic rings. The van der Waals surface area contributed by atoms with E-state index in [1.54, 1.807) is 24.0 Å². The monoisotopic (exact) mass is 289 g/mol. The van der Waals surface area contributed by atoms with Crippen LogP contribution in [0.4, 0.5) is 5.69 Å². The molecular formula is C15H19N3O3. The highest BCUT2D eigenvalue weighted by Crippen LogP contribution is 2.28. The summed E-state index contributed by atoms with van der Waals surface area (Å²) in [6.45, 7) is 4.12. The van der Waals surface area contributed by atoms with Crippen molar-refractivity contribution in [2.45, 2.75) is 25.8 Å². The van der Waals surface area contributed by atoms with Crippen molar-refractivity contribution >= 4 is 11.6 Å². The molecule has 2 unspecified atom stereocenters. The molecule has 0 spiro atoms. The lowest BCUT2D eigenvalue weighted by Gasteiger charge is -2.35. The fourth-order valence-corrected chi connectivity index (χ4v) is 3.47. The van der Waals surface area contributed by atoms with Gasteiger partial charge in [0, 0.05) is 25.2 Å².